The minimum atomic E-state index is -4.58. The number of benzene rings is 1. The highest BCUT2D eigenvalue weighted by Gasteiger charge is 2.38. The van der Waals surface area contributed by atoms with E-state index in [-0.39, 0.29) is 23.7 Å². The van der Waals surface area contributed by atoms with Crippen molar-refractivity contribution in [1.82, 2.24) is 15.1 Å². The quantitative estimate of drug-likeness (QED) is 0.754. The molecule has 1 N–H and O–H groups in total. The number of hydrogen-bond acceptors (Lipinski definition) is 3. The van der Waals surface area contributed by atoms with Gasteiger partial charge in [0.05, 0.1) is 11.1 Å². The molecule has 31 heavy (non-hydrogen) atoms. The summed E-state index contributed by atoms with van der Waals surface area (Å²) in [4.78, 5) is 29.1. The second-order valence-electron chi connectivity index (χ2n) is 8.05. The van der Waals surface area contributed by atoms with Crippen LogP contribution in [0.1, 0.15) is 54.9 Å². The number of piperidine rings is 1. The first-order valence-electron chi connectivity index (χ1n) is 10.9. The average Bonchev–Trinajstić information content (AvgIpc) is 2.78. The molecule has 0 spiro atoms. The van der Waals surface area contributed by atoms with E-state index in [9.17, 15) is 22.8 Å². The summed E-state index contributed by atoms with van der Waals surface area (Å²) in [6.45, 7) is 4.42. The van der Waals surface area contributed by atoms with Gasteiger partial charge in [0.15, 0.2) is 0 Å². The van der Waals surface area contributed by atoms with E-state index in [0.717, 1.165) is 25.3 Å². The van der Waals surface area contributed by atoms with Crippen LogP contribution in [0.5, 0.6) is 0 Å². The molecule has 1 aromatic carbocycles. The molecule has 1 aromatic rings. The van der Waals surface area contributed by atoms with Gasteiger partial charge in [-0.15, -0.1) is 0 Å². The predicted octanol–water partition coefficient (Wildman–Crippen LogP) is 3.91. The lowest BCUT2D eigenvalue weighted by Crippen LogP contribution is -2.56. The Balaban J connectivity index is 1.69. The monoisotopic (exact) mass is 441 g/mol. The van der Waals surface area contributed by atoms with E-state index in [1.54, 1.807) is 0 Å². The van der Waals surface area contributed by atoms with E-state index in [2.05, 4.69) is 5.32 Å². The number of likely N-dealkylation sites (tertiary alicyclic amines) is 1. The first-order valence-corrected chi connectivity index (χ1v) is 10.9. The third kappa shape index (κ3) is 5.70. The number of ether oxygens (including phenoxy) is 1. The maximum atomic E-state index is 13.3. The van der Waals surface area contributed by atoms with E-state index in [4.69, 9.17) is 4.74 Å². The van der Waals surface area contributed by atoms with Gasteiger partial charge in [0.25, 0.3) is 5.91 Å². The zero-order chi connectivity index (χ0) is 22.4. The third-order valence-electron chi connectivity index (χ3n) is 5.95. The summed E-state index contributed by atoms with van der Waals surface area (Å²) in [6.07, 6.45) is -1.15. The fourth-order valence-corrected chi connectivity index (χ4v) is 4.35. The van der Waals surface area contributed by atoms with Crippen molar-refractivity contribution in [3.63, 3.8) is 0 Å². The van der Waals surface area contributed by atoms with Crippen molar-refractivity contribution in [3.05, 3.63) is 35.4 Å². The molecule has 2 aliphatic rings. The molecule has 0 unspecified atom stereocenters. The van der Waals surface area contributed by atoms with Crippen molar-refractivity contribution in [3.8, 4) is 0 Å². The van der Waals surface area contributed by atoms with Crippen LogP contribution >= 0.6 is 0 Å². The van der Waals surface area contributed by atoms with Gasteiger partial charge in [0, 0.05) is 44.9 Å². The molecule has 2 fully saturated rings. The fraction of sp³-hybridized carbons (Fsp3) is 0.636. The van der Waals surface area contributed by atoms with Gasteiger partial charge >= 0.3 is 12.2 Å². The molecule has 2 aliphatic heterocycles. The number of carbonyl (C=O) groups excluding carboxylic acids is 2. The maximum absolute atomic E-state index is 13.3. The summed E-state index contributed by atoms with van der Waals surface area (Å²) in [7, 11) is 0. The molecule has 0 atom stereocenters. The van der Waals surface area contributed by atoms with Crippen LogP contribution in [-0.4, -0.2) is 66.7 Å². The SMILES string of the molecule is CCCNC(=O)N(C1CCOCC1)C1CCN(C(=O)c2ccccc2C(F)(F)F)CC1. The van der Waals surface area contributed by atoms with Gasteiger partial charge in [-0.1, -0.05) is 19.1 Å². The number of nitrogens with zero attached hydrogens (tertiary/aromatic N) is 2. The minimum absolute atomic E-state index is 0.0538. The second-order valence-corrected chi connectivity index (χ2v) is 8.05. The lowest BCUT2D eigenvalue weighted by Gasteiger charge is -2.43. The highest BCUT2D eigenvalue weighted by atomic mass is 19.4. The molecule has 0 radical (unpaired) electrons. The minimum Gasteiger partial charge on any atom is -0.381 e. The second kappa shape index (κ2) is 10.3. The smallest absolute Gasteiger partial charge is 0.381 e. The number of rotatable bonds is 5. The molecule has 3 rings (SSSR count). The molecule has 0 saturated carbocycles. The highest BCUT2D eigenvalue weighted by molar-refractivity contribution is 5.96. The molecule has 9 heteroatoms. The van der Waals surface area contributed by atoms with E-state index in [1.165, 1.54) is 23.1 Å². The molecule has 2 saturated heterocycles. The average molecular weight is 441 g/mol. The number of amides is 3. The Kier molecular flexibility index (Phi) is 7.80. The number of hydrogen-bond donors (Lipinski definition) is 1. The van der Waals surface area contributed by atoms with Gasteiger partial charge in [0.2, 0.25) is 0 Å². The molecule has 0 bridgehead atoms. The van der Waals surface area contributed by atoms with Gasteiger partial charge in [-0.2, -0.15) is 13.2 Å². The first kappa shape index (κ1) is 23.4. The summed E-state index contributed by atoms with van der Waals surface area (Å²) in [5, 5.41) is 2.95. The Labute approximate surface area is 180 Å². The summed E-state index contributed by atoms with van der Waals surface area (Å²) in [6, 6.07) is 4.80. The predicted molar refractivity (Wildman–Crippen MR) is 110 cm³/mol. The van der Waals surface area contributed by atoms with Crippen LogP contribution in [0.4, 0.5) is 18.0 Å². The van der Waals surface area contributed by atoms with Crippen LogP contribution in [0.2, 0.25) is 0 Å². The fourth-order valence-electron chi connectivity index (χ4n) is 4.35. The normalized spacial score (nSPS) is 18.6. The van der Waals surface area contributed by atoms with E-state index in [1.807, 2.05) is 11.8 Å². The molecule has 6 nitrogen and oxygen atoms in total. The molecule has 172 valence electrons. The lowest BCUT2D eigenvalue weighted by molar-refractivity contribution is -0.138. The summed E-state index contributed by atoms with van der Waals surface area (Å²) >= 11 is 0. The standard InChI is InChI=1S/C22H30F3N3O3/c1-2-11-26-21(30)28(17-9-14-31-15-10-17)16-7-12-27(13-8-16)20(29)18-5-3-4-6-19(18)22(23,24)25/h3-6,16-17H,2,7-15H2,1H3,(H,26,30). The third-order valence-corrected chi connectivity index (χ3v) is 5.95. The Morgan fingerprint density at radius 1 is 1.10 bits per heavy atom. The summed E-state index contributed by atoms with van der Waals surface area (Å²) < 4.78 is 45.4. The first-order chi connectivity index (χ1) is 14.8. The van der Waals surface area contributed by atoms with Crippen LogP contribution in [0.3, 0.4) is 0 Å². The van der Waals surface area contributed by atoms with E-state index >= 15 is 0 Å². The molecule has 0 aliphatic carbocycles. The Morgan fingerprint density at radius 2 is 1.71 bits per heavy atom. The number of urea groups is 1. The molecule has 0 aromatic heterocycles. The van der Waals surface area contributed by atoms with Crippen LogP contribution in [0, 0.1) is 0 Å². The Bertz CT molecular complexity index is 758. The van der Waals surface area contributed by atoms with Crippen molar-refractivity contribution >= 4 is 11.9 Å². The van der Waals surface area contributed by atoms with Gasteiger partial charge in [-0.3, -0.25) is 4.79 Å². The Morgan fingerprint density at radius 3 is 2.32 bits per heavy atom. The van der Waals surface area contributed by atoms with Crippen LogP contribution in [0.25, 0.3) is 0 Å². The number of alkyl halides is 3. The van der Waals surface area contributed by atoms with Crippen LogP contribution < -0.4 is 5.32 Å². The lowest BCUT2D eigenvalue weighted by atomic mass is 9.97. The zero-order valence-electron chi connectivity index (χ0n) is 17.8. The van der Waals surface area contributed by atoms with Gasteiger partial charge in [0.1, 0.15) is 0 Å². The van der Waals surface area contributed by atoms with E-state index < -0.39 is 17.6 Å². The van der Waals surface area contributed by atoms with Crippen LogP contribution in [0.15, 0.2) is 24.3 Å². The Hall–Kier alpha value is -2.29. The number of nitrogens with one attached hydrogen (secondary N) is 1. The van der Waals surface area contributed by atoms with Crippen molar-refractivity contribution in [2.45, 2.75) is 57.3 Å². The maximum Gasteiger partial charge on any atom is 0.417 e. The van der Waals surface area contributed by atoms with Crippen molar-refractivity contribution in [2.75, 3.05) is 32.8 Å². The highest BCUT2D eigenvalue weighted by Crippen LogP contribution is 2.33. The molecule has 3 amide bonds. The van der Waals surface area contributed by atoms with Crippen molar-refractivity contribution in [1.29, 1.82) is 0 Å². The number of carbonyl (C=O) groups is 2. The summed E-state index contributed by atoms with van der Waals surface area (Å²) in [5.74, 6) is -0.612. The van der Waals surface area contributed by atoms with Gasteiger partial charge in [-0.05, 0) is 44.2 Å². The molecular formula is C22H30F3N3O3. The van der Waals surface area contributed by atoms with Crippen molar-refractivity contribution < 1.29 is 27.5 Å². The number of halogens is 3. The topological polar surface area (TPSA) is 61.9 Å². The molecular weight excluding hydrogens is 411 g/mol. The summed E-state index contributed by atoms with van der Waals surface area (Å²) in [5.41, 5.74) is -1.24. The van der Waals surface area contributed by atoms with Crippen molar-refractivity contribution in [2.24, 2.45) is 0 Å². The van der Waals surface area contributed by atoms with Gasteiger partial charge < -0.3 is 19.9 Å². The van der Waals surface area contributed by atoms with Crippen LogP contribution in [-0.2, 0) is 10.9 Å². The zero-order valence-corrected chi connectivity index (χ0v) is 17.8. The largest absolute Gasteiger partial charge is 0.417 e. The van der Waals surface area contributed by atoms with Gasteiger partial charge in [-0.25, -0.2) is 4.79 Å². The molecule has 2 heterocycles. The van der Waals surface area contributed by atoms with E-state index in [0.29, 0.717) is 45.7 Å².